The quantitative estimate of drug-likeness (QED) is 0.590. The lowest BCUT2D eigenvalue weighted by atomic mass is 10.0. The number of benzene rings is 2. The van der Waals surface area contributed by atoms with Crippen molar-refractivity contribution in [3.05, 3.63) is 58.0 Å². The molecule has 3 aromatic rings. The Hall–Kier alpha value is -2.00. The van der Waals surface area contributed by atoms with Crippen LogP contribution in [0.3, 0.4) is 0 Å². The van der Waals surface area contributed by atoms with Gasteiger partial charge in [-0.05, 0) is 44.0 Å². The maximum atomic E-state index is 13.9. The number of hydrogen-bond donors (Lipinski definition) is 0. The lowest BCUT2D eigenvalue weighted by molar-refractivity contribution is 0.639. The average Bonchev–Trinajstić information content (AvgIpc) is 2.45. The largest absolute Gasteiger partial charge is 0.227 e. The lowest BCUT2D eigenvalue weighted by Gasteiger charge is -2.10. The molecular weight excluding hydrogens is 287 g/mol. The molecule has 0 aliphatic heterocycles. The van der Waals surface area contributed by atoms with Gasteiger partial charge in [-0.2, -0.15) is 0 Å². The second kappa shape index (κ2) is 5.08. The van der Waals surface area contributed by atoms with E-state index in [9.17, 15) is 4.39 Å². The van der Waals surface area contributed by atoms with Crippen LogP contribution < -0.4 is 0 Å². The fourth-order valence-electron chi connectivity index (χ4n) is 2.39. The number of nitrogens with zero attached hydrogens (tertiary/aromatic N) is 2. The van der Waals surface area contributed by atoms with E-state index in [2.05, 4.69) is 9.97 Å². The molecule has 4 heteroatoms. The maximum absolute atomic E-state index is 13.9. The summed E-state index contributed by atoms with van der Waals surface area (Å²) in [6.07, 6.45) is 0. The van der Waals surface area contributed by atoms with Gasteiger partial charge in [0.2, 0.25) is 0 Å². The Labute approximate surface area is 127 Å². The van der Waals surface area contributed by atoms with Gasteiger partial charge in [0, 0.05) is 5.56 Å². The Balaban J connectivity index is 2.35. The average molecular weight is 301 g/mol. The first-order chi connectivity index (χ1) is 9.97. The molecule has 0 N–H and O–H groups in total. The van der Waals surface area contributed by atoms with Crippen molar-refractivity contribution < 1.29 is 4.39 Å². The zero-order chi connectivity index (χ0) is 15.1. The van der Waals surface area contributed by atoms with E-state index in [4.69, 9.17) is 11.6 Å². The van der Waals surface area contributed by atoms with Crippen LogP contribution in [0.15, 0.2) is 30.3 Å². The van der Waals surface area contributed by atoms with Crippen molar-refractivity contribution in [2.45, 2.75) is 20.8 Å². The zero-order valence-corrected chi connectivity index (χ0v) is 12.8. The molecule has 0 bridgehead atoms. The number of hydrogen-bond acceptors (Lipinski definition) is 2. The summed E-state index contributed by atoms with van der Waals surface area (Å²) >= 11 is 6.19. The van der Waals surface area contributed by atoms with E-state index in [-0.39, 0.29) is 10.5 Å². The van der Waals surface area contributed by atoms with Crippen molar-refractivity contribution in [3.63, 3.8) is 0 Å². The molecule has 0 radical (unpaired) electrons. The first-order valence-corrected chi connectivity index (χ1v) is 7.05. The Morgan fingerprint density at radius 3 is 2.43 bits per heavy atom. The first kappa shape index (κ1) is 14.0. The lowest BCUT2D eigenvalue weighted by Crippen LogP contribution is -1.97. The van der Waals surface area contributed by atoms with Gasteiger partial charge >= 0.3 is 0 Å². The second-order valence-corrected chi connectivity index (χ2v) is 5.60. The highest BCUT2D eigenvalue weighted by Gasteiger charge is 2.14. The maximum Gasteiger partial charge on any atom is 0.161 e. The molecule has 2 aromatic carbocycles. The van der Waals surface area contributed by atoms with Crippen molar-refractivity contribution in [1.82, 2.24) is 9.97 Å². The summed E-state index contributed by atoms with van der Waals surface area (Å²) in [5.74, 6) is 0.135. The summed E-state index contributed by atoms with van der Waals surface area (Å²) in [5, 5.41) is 0.433. The van der Waals surface area contributed by atoms with Gasteiger partial charge in [-0.3, -0.25) is 0 Å². The van der Waals surface area contributed by atoms with Gasteiger partial charge in [0.05, 0.1) is 10.9 Å². The molecule has 0 spiro atoms. The molecule has 0 unspecified atom stereocenters. The van der Waals surface area contributed by atoms with Crippen LogP contribution in [0, 0.1) is 26.6 Å². The molecule has 3 rings (SSSR count). The summed E-state index contributed by atoms with van der Waals surface area (Å²) in [5.41, 5.74) is 4.53. The summed E-state index contributed by atoms with van der Waals surface area (Å²) in [6, 6.07) is 9.16. The topological polar surface area (TPSA) is 25.8 Å². The monoisotopic (exact) mass is 300 g/mol. The van der Waals surface area contributed by atoms with Crippen LogP contribution in [-0.2, 0) is 0 Å². The summed E-state index contributed by atoms with van der Waals surface area (Å²) in [7, 11) is 0. The van der Waals surface area contributed by atoms with Gasteiger partial charge in [-0.1, -0.05) is 35.4 Å². The number of aromatic nitrogens is 2. The molecule has 106 valence electrons. The molecule has 0 atom stereocenters. The molecular formula is C17H14ClFN2. The molecule has 0 aliphatic rings. The number of aryl methyl sites for hydroxylation is 3. The third kappa shape index (κ3) is 2.38. The SMILES string of the molecule is Cc1ccc(C)c(-c2nc(Cl)c3c(F)ccc(C)c3n2)c1. The van der Waals surface area contributed by atoms with E-state index < -0.39 is 5.82 Å². The Kier molecular flexibility index (Phi) is 3.38. The normalized spacial score (nSPS) is 11.1. The highest BCUT2D eigenvalue weighted by Crippen LogP contribution is 2.30. The molecule has 0 saturated carbocycles. The Morgan fingerprint density at radius 1 is 0.952 bits per heavy atom. The molecule has 1 aromatic heterocycles. The standard InChI is InChI=1S/C17H14ClFN2/c1-9-4-5-10(2)12(8-9)17-20-15-11(3)6-7-13(19)14(15)16(18)21-17/h4-8H,1-3H3. The zero-order valence-electron chi connectivity index (χ0n) is 12.0. The predicted molar refractivity (Wildman–Crippen MR) is 84.2 cm³/mol. The van der Waals surface area contributed by atoms with Crippen LogP contribution >= 0.6 is 11.6 Å². The highest BCUT2D eigenvalue weighted by molar-refractivity contribution is 6.34. The van der Waals surface area contributed by atoms with E-state index in [0.29, 0.717) is 11.3 Å². The van der Waals surface area contributed by atoms with Crippen LogP contribution in [0.2, 0.25) is 5.15 Å². The van der Waals surface area contributed by atoms with Crippen LogP contribution in [0.1, 0.15) is 16.7 Å². The molecule has 0 aliphatic carbocycles. The minimum atomic E-state index is -0.395. The first-order valence-electron chi connectivity index (χ1n) is 6.67. The summed E-state index contributed by atoms with van der Waals surface area (Å²) in [4.78, 5) is 8.82. The molecule has 21 heavy (non-hydrogen) atoms. The van der Waals surface area contributed by atoms with Gasteiger partial charge in [0.1, 0.15) is 11.0 Å². The van der Waals surface area contributed by atoms with Crippen molar-refractivity contribution >= 4 is 22.5 Å². The van der Waals surface area contributed by atoms with Gasteiger partial charge in [-0.15, -0.1) is 0 Å². The van der Waals surface area contributed by atoms with Crippen molar-refractivity contribution in [2.75, 3.05) is 0 Å². The Morgan fingerprint density at radius 2 is 1.67 bits per heavy atom. The van der Waals surface area contributed by atoms with Crippen LogP contribution in [0.25, 0.3) is 22.3 Å². The summed E-state index contributed by atoms with van der Waals surface area (Å²) < 4.78 is 13.9. The van der Waals surface area contributed by atoms with Crippen molar-refractivity contribution in [1.29, 1.82) is 0 Å². The van der Waals surface area contributed by atoms with Crippen LogP contribution in [-0.4, -0.2) is 9.97 Å². The van der Waals surface area contributed by atoms with E-state index in [1.165, 1.54) is 6.07 Å². The van der Waals surface area contributed by atoms with Crippen LogP contribution in [0.4, 0.5) is 4.39 Å². The van der Waals surface area contributed by atoms with E-state index in [0.717, 1.165) is 22.3 Å². The predicted octanol–water partition coefficient (Wildman–Crippen LogP) is 5.01. The molecule has 2 nitrogen and oxygen atoms in total. The van der Waals surface area contributed by atoms with Gasteiger partial charge in [0.15, 0.2) is 5.82 Å². The fourth-order valence-corrected chi connectivity index (χ4v) is 2.65. The van der Waals surface area contributed by atoms with Crippen molar-refractivity contribution in [3.8, 4) is 11.4 Å². The van der Waals surface area contributed by atoms with Gasteiger partial charge < -0.3 is 0 Å². The Bertz CT molecular complexity index is 859. The van der Waals surface area contributed by atoms with Gasteiger partial charge in [-0.25, -0.2) is 14.4 Å². The molecule has 0 saturated heterocycles. The minimum Gasteiger partial charge on any atom is -0.227 e. The highest BCUT2D eigenvalue weighted by atomic mass is 35.5. The summed E-state index contributed by atoms with van der Waals surface area (Å²) in [6.45, 7) is 5.89. The van der Waals surface area contributed by atoms with Crippen LogP contribution in [0.5, 0.6) is 0 Å². The fraction of sp³-hybridized carbons (Fsp3) is 0.176. The molecule has 0 amide bonds. The van der Waals surface area contributed by atoms with Gasteiger partial charge in [0.25, 0.3) is 0 Å². The van der Waals surface area contributed by atoms with Crippen molar-refractivity contribution in [2.24, 2.45) is 0 Å². The number of fused-ring (bicyclic) bond motifs is 1. The minimum absolute atomic E-state index is 0.150. The molecule has 1 heterocycles. The third-order valence-electron chi connectivity index (χ3n) is 3.59. The number of rotatable bonds is 1. The van der Waals surface area contributed by atoms with E-state index >= 15 is 0 Å². The smallest absolute Gasteiger partial charge is 0.161 e. The second-order valence-electron chi connectivity index (χ2n) is 5.24. The number of halogens is 2. The van der Waals surface area contributed by atoms with E-state index in [1.54, 1.807) is 6.07 Å². The van der Waals surface area contributed by atoms with E-state index in [1.807, 2.05) is 39.0 Å². The third-order valence-corrected chi connectivity index (χ3v) is 3.86. The molecule has 0 fully saturated rings.